The van der Waals surface area contributed by atoms with Gasteiger partial charge in [0.15, 0.2) is 0 Å². The van der Waals surface area contributed by atoms with E-state index in [1.165, 1.54) is 37.4 Å². The van der Waals surface area contributed by atoms with Crippen molar-refractivity contribution in [1.82, 2.24) is 15.5 Å². The second kappa shape index (κ2) is 13.6. The van der Waals surface area contributed by atoms with Crippen LogP contribution >= 0.6 is 0 Å². The minimum Gasteiger partial charge on any atom is -0.480 e. The zero-order valence-corrected chi connectivity index (χ0v) is 23.9. The lowest BCUT2D eigenvalue weighted by molar-refractivity contribution is -0.767. The number of piperidine rings is 1. The van der Waals surface area contributed by atoms with Crippen LogP contribution in [0.1, 0.15) is 43.7 Å². The number of hydrogen-bond donors (Lipinski definition) is 3. The third-order valence-corrected chi connectivity index (χ3v) is 7.88. The highest BCUT2D eigenvalue weighted by atomic mass is 17.0. The summed E-state index contributed by atoms with van der Waals surface area (Å²) in [6, 6.07) is 14.4. The summed E-state index contributed by atoms with van der Waals surface area (Å²) >= 11 is 0. The van der Waals surface area contributed by atoms with E-state index in [4.69, 9.17) is 4.74 Å². The van der Waals surface area contributed by atoms with Gasteiger partial charge in [0.1, 0.15) is 17.7 Å². The molecule has 5 unspecified atom stereocenters. The number of likely N-dealkylation sites (tertiary alicyclic amines) is 1. The molecule has 0 radical (unpaired) electrons. The van der Waals surface area contributed by atoms with Crippen molar-refractivity contribution in [3.05, 3.63) is 97.7 Å². The normalized spacial score (nSPS) is 24.6. The van der Waals surface area contributed by atoms with Crippen LogP contribution < -0.4 is 10.6 Å². The van der Waals surface area contributed by atoms with E-state index >= 15 is 0 Å². The zero-order valence-electron chi connectivity index (χ0n) is 23.9. The van der Waals surface area contributed by atoms with Crippen LogP contribution in [0, 0.1) is 20.2 Å². The summed E-state index contributed by atoms with van der Waals surface area (Å²) in [5.41, 5.74) is -0.988. The molecular formula is C29H35N5O9. The molecule has 3 N–H and O–H groups in total. The molecule has 0 amide bonds. The number of rotatable bonds is 12. The molecule has 14 heteroatoms. The number of nitrogens with one attached hydrogen (secondary N) is 2. The molecule has 0 aromatic heterocycles. The third kappa shape index (κ3) is 7.27. The van der Waals surface area contributed by atoms with Crippen molar-refractivity contribution in [2.24, 2.45) is 0 Å². The molecule has 230 valence electrons. The van der Waals surface area contributed by atoms with E-state index in [0.29, 0.717) is 19.5 Å². The van der Waals surface area contributed by atoms with Gasteiger partial charge in [0.05, 0.1) is 16.5 Å². The van der Waals surface area contributed by atoms with Gasteiger partial charge in [-0.15, -0.1) is 10.1 Å². The number of nitrogens with zero attached hydrogens (tertiary/aromatic N) is 3. The van der Waals surface area contributed by atoms with E-state index in [9.17, 15) is 34.9 Å². The number of carboxylic acids is 1. The molecule has 43 heavy (non-hydrogen) atoms. The van der Waals surface area contributed by atoms with Gasteiger partial charge in [-0.3, -0.25) is 25.1 Å². The maximum absolute atomic E-state index is 13.8. The fourth-order valence-corrected chi connectivity index (χ4v) is 5.81. The summed E-state index contributed by atoms with van der Waals surface area (Å²) in [5, 5.41) is 38.0. The van der Waals surface area contributed by atoms with E-state index in [1.54, 1.807) is 6.92 Å². The van der Waals surface area contributed by atoms with Gasteiger partial charge in [-0.05, 0) is 44.4 Å². The molecule has 1 fully saturated rings. The van der Waals surface area contributed by atoms with Crippen molar-refractivity contribution in [2.75, 3.05) is 19.6 Å². The summed E-state index contributed by atoms with van der Waals surface area (Å²) in [6.45, 7) is 4.69. The number of ether oxygens (including phenoxy) is 1. The average Bonchev–Trinajstić information content (AvgIpc) is 2.96. The first kappa shape index (κ1) is 31.4. The standard InChI is InChI=1S/C29H35N5O9/c1-19(43-34(40)41)15-31-29(28(36)37)20(2)30-16-25(26(29)22-10-6-11-23(14-22)33(38)39)27(35)42-24-12-7-13-32(18-24)17-21-8-4-3-5-9-21/h3-6,8-11,14,16,19-20,24,26,30-31H,7,12-13,15,17-18H2,1-2H3,(H,36,37). The van der Waals surface area contributed by atoms with Gasteiger partial charge in [0, 0.05) is 43.9 Å². The number of hydrogen-bond acceptors (Lipinski definition) is 11. The number of aliphatic carboxylic acids is 1. The van der Waals surface area contributed by atoms with Crippen molar-refractivity contribution in [1.29, 1.82) is 0 Å². The van der Waals surface area contributed by atoms with Gasteiger partial charge >= 0.3 is 11.9 Å². The summed E-state index contributed by atoms with van der Waals surface area (Å²) in [6.07, 6.45) is 1.30. The topological polar surface area (TPSA) is 186 Å². The number of carboxylic acid groups (broad SMARTS) is 1. The first-order valence-electron chi connectivity index (χ1n) is 14.0. The fourth-order valence-electron chi connectivity index (χ4n) is 5.81. The van der Waals surface area contributed by atoms with Crippen LogP contribution in [-0.4, -0.2) is 75.4 Å². The van der Waals surface area contributed by atoms with Crippen molar-refractivity contribution in [3.63, 3.8) is 0 Å². The van der Waals surface area contributed by atoms with Crippen molar-refractivity contribution >= 4 is 17.6 Å². The first-order valence-corrected chi connectivity index (χ1v) is 14.0. The van der Waals surface area contributed by atoms with Crippen molar-refractivity contribution in [2.45, 2.75) is 62.9 Å². The maximum Gasteiger partial charge on any atom is 0.336 e. The second-order valence-corrected chi connectivity index (χ2v) is 10.9. The third-order valence-electron chi connectivity index (χ3n) is 7.88. The second-order valence-electron chi connectivity index (χ2n) is 10.9. The van der Waals surface area contributed by atoms with Crippen molar-refractivity contribution in [3.8, 4) is 0 Å². The molecule has 5 atom stereocenters. The Kier molecular flexibility index (Phi) is 9.93. The molecule has 0 saturated carbocycles. The molecule has 4 rings (SSSR count). The number of nitro groups is 1. The summed E-state index contributed by atoms with van der Waals surface area (Å²) in [4.78, 5) is 55.6. The quantitative estimate of drug-likeness (QED) is 0.185. The highest BCUT2D eigenvalue weighted by Gasteiger charge is 2.56. The largest absolute Gasteiger partial charge is 0.480 e. The Morgan fingerprint density at radius 2 is 1.93 bits per heavy atom. The lowest BCUT2D eigenvalue weighted by Gasteiger charge is -2.46. The number of nitro benzene ring substituents is 1. The molecule has 2 aromatic carbocycles. The summed E-state index contributed by atoms with van der Waals surface area (Å²) in [7, 11) is 0. The highest BCUT2D eigenvalue weighted by molar-refractivity contribution is 5.95. The Labute approximate surface area is 247 Å². The molecule has 1 saturated heterocycles. The maximum atomic E-state index is 13.8. The molecule has 0 bridgehead atoms. The Bertz CT molecular complexity index is 1370. The number of carbonyl (C=O) groups is 2. The van der Waals surface area contributed by atoms with Gasteiger partial charge in [0.2, 0.25) is 0 Å². The number of benzene rings is 2. The minimum atomic E-state index is -1.97. The van der Waals surface area contributed by atoms with E-state index in [2.05, 4.69) is 20.4 Å². The number of esters is 1. The smallest absolute Gasteiger partial charge is 0.336 e. The number of non-ortho nitro benzene ring substituents is 1. The fraction of sp³-hybridized carbons (Fsp3) is 0.448. The predicted octanol–water partition coefficient (Wildman–Crippen LogP) is 2.77. The summed E-state index contributed by atoms with van der Waals surface area (Å²) < 4.78 is 5.96. The van der Waals surface area contributed by atoms with Gasteiger partial charge in [-0.1, -0.05) is 42.5 Å². The predicted molar refractivity (Wildman–Crippen MR) is 153 cm³/mol. The molecule has 2 heterocycles. The van der Waals surface area contributed by atoms with Gasteiger partial charge < -0.3 is 20.0 Å². The van der Waals surface area contributed by atoms with Gasteiger partial charge in [-0.25, -0.2) is 4.79 Å². The van der Waals surface area contributed by atoms with Crippen LogP contribution in [0.15, 0.2) is 66.4 Å². The molecular weight excluding hydrogens is 562 g/mol. The summed E-state index contributed by atoms with van der Waals surface area (Å²) in [5.74, 6) is -3.40. The van der Waals surface area contributed by atoms with Crippen molar-refractivity contribution < 1.29 is 34.3 Å². The minimum absolute atomic E-state index is 0.0449. The molecule has 0 aliphatic carbocycles. The highest BCUT2D eigenvalue weighted by Crippen LogP contribution is 2.42. The molecule has 2 aromatic rings. The van der Waals surface area contributed by atoms with Crippen LogP contribution in [0.5, 0.6) is 0 Å². The number of carbonyl (C=O) groups excluding carboxylic acids is 1. The lowest BCUT2D eigenvalue weighted by Crippen LogP contribution is -2.69. The monoisotopic (exact) mass is 597 g/mol. The Hall–Kier alpha value is -4.56. The van der Waals surface area contributed by atoms with E-state index in [1.807, 2.05) is 30.3 Å². The molecule has 2 aliphatic rings. The average molecular weight is 598 g/mol. The van der Waals surface area contributed by atoms with Crippen LogP contribution in [0.25, 0.3) is 0 Å². The molecule has 0 spiro atoms. The van der Waals surface area contributed by atoms with Gasteiger partial charge in [0.25, 0.3) is 10.8 Å². The zero-order chi connectivity index (χ0) is 31.1. The Morgan fingerprint density at radius 1 is 1.19 bits per heavy atom. The molecule has 14 nitrogen and oxygen atoms in total. The van der Waals surface area contributed by atoms with E-state index in [0.717, 1.165) is 18.5 Å². The molecule has 2 aliphatic heterocycles. The Balaban J connectivity index is 1.66. The van der Waals surface area contributed by atoms with Crippen LogP contribution in [-0.2, 0) is 25.7 Å². The SMILES string of the molecule is CC(CNC1(C(=O)O)C(C)NC=C(C(=O)OC2CCCN(Cc3ccccc3)C2)C1c1cccc([N+](=O)[O-])c1)O[N+](=O)[O-]. The van der Waals surface area contributed by atoms with E-state index < -0.39 is 51.7 Å². The van der Waals surface area contributed by atoms with E-state index in [-0.39, 0.29) is 23.4 Å². The van der Waals surface area contributed by atoms with Crippen LogP contribution in [0.3, 0.4) is 0 Å². The van der Waals surface area contributed by atoms with Crippen LogP contribution in [0.4, 0.5) is 5.69 Å². The van der Waals surface area contributed by atoms with Crippen LogP contribution in [0.2, 0.25) is 0 Å². The van der Waals surface area contributed by atoms with Gasteiger partial charge in [-0.2, -0.15) is 0 Å². The first-order chi connectivity index (χ1) is 20.5. The lowest BCUT2D eigenvalue weighted by atomic mass is 9.68. The Morgan fingerprint density at radius 3 is 2.60 bits per heavy atom.